The Morgan fingerprint density at radius 1 is 0.654 bits per heavy atom. The summed E-state index contributed by atoms with van der Waals surface area (Å²) in [5, 5.41) is 3.21. The van der Waals surface area contributed by atoms with Crippen molar-refractivity contribution in [2.45, 2.75) is 61.8 Å². The Balaban J connectivity index is 0.000000186. The zero-order chi connectivity index (χ0) is 35.9. The SMILES string of the molecule is Cc1ccc2c(ccc3c4cc[c-]c(-c5cc(CC(C)(C)C)c(C)cn5)c4oc23)n1.Cc1cnc(-c2[c-]cc(C)c(-c3ccccc3)c2)cc1C.[Ir]. The van der Waals surface area contributed by atoms with Crippen molar-refractivity contribution in [2.24, 2.45) is 5.41 Å². The van der Waals surface area contributed by atoms with Gasteiger partial charge in [0, 0.05) is 49.0 Å². The van der Waals surface area contributed by atoms with E-state index in [0.29, 0.717) is 0 Å². The Labute approximate surface area is 320 Å². The molecule has 52 heavy (non-hydrogen) atoms. The average molecular weight is 858 g/mol. The van der Waals surface area contributed by atoms with Crippen LogP contribution in [0.2, 0.25) is 0 Å². The minimum atomic E-state index is 0. The Hall–Kier alpha value is -4.96. The second kappa shape index (κ2) is 14.9. The Bertz CT molecular complexity index is 2540. The van der Waals surface area contributed by atoms with Gasteiger partial charge in [0.2, 0.25) is 0 Å². The summed E-state index contributed by atoms with van der Waals surface area (Å²) in [7, 11) is 0. The van der Waals surface area contributed by atoms with Crippen molar-refractivity contribution >= 4 is 32.8 Å². The Morgan fingerprint density at radius 2 is 1.37 bits per heavy atom. The summed E-state index contributed by atoms with van der Waals surface area (Å²) in [6.07, 6.45) is 4.90. The minimum absolute atomic E-state index is 0. The molecule has 0 amide bonds. The number of aryl methyl sites for hydroxylation is 5. The monoisotopic (exact) mass is 858 g/mol. The van der Waals surface area contributed by atoms with E-state index >= 15 is 0 Å². The van der Waals surface area contributed by atoms with Gasteiger partial charge in [0.15, 0.2) is 0 Å². The van der Waals surface area contributed by atoms with Gasteiger partial charge in [-0.3, -0.25) is 4.98 Å². The second-order valence-corrected chi connectivity index (χ2v) is 14.9. The number of pyridine rings is 3. The summed E-state index contributed by atoms with van der Waals surface area (Å²) in [5.41, 5.74) is 16.4. The third-order valence-electron chi connectivity index (χ3n) is 9.49. The second-order valence-electron chi connectivity index (χ2n) is 14.9. The minimum Gasteiger partial charge on any atom is -0.500 e. The molecule has 8 rings (SSSR count). The summed E-state index contributed by atoms with van der Waals surface area (Å²) in [5.74, 6) is 0. The van der Waals surface area contributed by atoms with Crippen LogP contribution >= 0.6 is 0 Å². The molecule has 4 heterocycles. The molecule has 0 atom stereocenters. The van der Waals surface area contributed by atoms with Crippen LogP contribution in [0.15, 0.2) is 108 Å². The van der Waals surface area contributed by atoms with Crippen LogP contribution in [0.4, 0.5) is 0 Å². The van der Waals surface area contributed by atoms with Crippen molar-refractivity contribution in [1.82, 2.24) is 15.0 Å². The third-order valence-corrected chi connectivity index (χ3v) is 9.49. The zero-order valence-corrected chi connectivity index (χ0v) is 33.5. The van der Waals surface area contributed by atoms with E-state index in [-0.39, 0.29) is 25.5 Å². The van der Waals surface area contributed by atoms with Crippen LogP contribution in [0, 0.1) is 52.2 Å². The molecule has 4 aromatic heterocycles. The van der Waals surface area contributed by atoms with Crippen molar-refractivity contribution in [3.8, 4) is 33.6 Å². The first-order valence-electron chi connectivity index (χ1n) is 17.6. The average Bonchev–Trinajstić information content (AvgIpc) is 3.50. The van der Waals surface area contributed by atoms with Gasteiger partial charge in [0.1, 0.15) is 5.58 Å². The molecule has 0 saturated heterocycles. The van der Waals surface area contributed by atoms with Crippen LogP contribution in [0.3, 0.4) is 0 Å². The molecular formula is C47H43IrN3O-2. The van der Waals surface area contributed by atoms with Crippen LogP contribution in [0.1, 0.15) is 54.3 Å². The van der Waals surface area contributed by atoms with Crippen LogP contribution in [0.5, 0.6) is 0 Å². The van der Waals surface area contributed by atoms with E-state index in [9.17, 15) is 0 Å². The molecule has 0 bridgehead atoms. The molecule has 0 fully saturated rings. The molecule has 1 radical (unpaired) electrons. The number of hydrogen-bond donors (Lipinski definition) is 0. The number of rotatable bonds is 4. The molecule has 0 unspecified atom stereocenters. The van der Waals surface area contributed by atoms with Gasteiger partial charge in [-0.25, -0.2) is 0 Å². The molecule has 0 aliphatic rings. The Morgan fingerprint density at radius 3 is 2.12 bits per heavy atom. The van der Waals surface area contributed by atoms with E-state index in [1.807, 2.05) is 37.5 Å². The molecule has 0 aliphatic heterocycles. The summed E-state index contributed by atoms with van der Waals surface area (Å²) in [6, 6.07) is 38.1. The standard InChI is InChI=1S/C27H25N2O.C20H18N.Ir/c1-16-15-28-24(13-18(16)14-27(3,4)5)21-8-6-7-19-20-11-12-23-22(10-9-17(2)29-23)26(20)30-25(19)21;1-14-9-10-18(20-11-15(2)16(3)13-21-20)12-19(14)17-7-5-4-6-8-17;/h6-7,9-13,15H,14H2,1-5H3;4-9,11-13H,1-3H3;/q2*-1;. The molecule has 0 saturated carbocycles. The number of aromatic nitrogens is 3. The quantitative estimate of drug-likeness (QED) is 0.165. The van der Waals surface area contributed by atoms with Gasteiger partial charge >= 0.3 is 0 Å². The molecule has 0 spiro atoms. The molecule has 0 aliphatic carbocycles. The Kier molecular flexibility index (Phi) is 10.6. The molecule has 0 N–H and O–H groups in total. The van der Waals surface area contributed by atoms with Crippen molar-refractivity contribution in [2.75, 3.05) is 0 Å². The van der Waals surface area contributed by atoms with Gasteiger partial charge in [0.05, 0.1) is 11.1 Å². The summed E-state index contributed by atoms with van der Waals surface area (Å²) >= 11 is 0. The summed E-state index contributed by atoms with van der Waals surface area (Å²) < 4.78 is 6.45. The first kappa shape index (κ1) is 36.8. The van der Waals surface area contributed by atoms with Crippen molar-refractivity contribution in [1.29, 1.82) is 0 Å². The van der Waals surface area contributed by atoms with Gasteiger partial charge in [-0.2, -0.15) is 0 Å². The fraction of sp³-hybridized carbons (Fsp3) is 0.213. The maximum absolute atomic E-state index is 6.45. The largest absolute Gasteiger partial charge is 0.500 e. The number of furan rings is 1. The zero-order valence-electron chi connectivity index (χ0n) is 31.1. The van der Waals surface area contributed by atoms with E-state index in [1.165, 1.54) is 38.9 Å². The summed E-state index contributed by atoms with van der Waals surface area (Å²) in [4.78, 5) is 13.9. The van der Waals surface area contributed by atoms with Crippen LogP contribution in [0.25, 0.3) is 66.5 Å². The number of benzene rings is 4. The predicted octanol–water partition coefficient (Wildman–Crippen LogP) is 12.3. The van der Waals surface area contributed by atoms with Crippen LogP contribution in [-0.4, -0.2) is 15.0 Å². The number of hydrogen-bond acceptors (Lipinski definition) is 4. The molecule has 8 aromatic rings. The van der Waals surface area contributed by atoms with Crippen molar-refractivity contribution in [3.05, 3.63) is 149 Å². The number of fused-ring (bicyclic) bond motifs is 5. The maximum atomic E-state index is 6.45. The van der Waals surface area contributed by atoms with Crippen molar-refractivity contribution in [3.63, 3.8) is 0 Å². The van der Waals surface area contributed by atoms with Crippen LogP contribution in [-0.2, 0) is 26.5 Å². The van der Waals surface area contributed by atoms with Gasteiger partial charge in [-0.1, -0.05) is 97.8 Å². The van der Waals surface area contributed by atoms with E-state index < -0.39 is 0 Å². The summed E-state index contributed by atoms with van der Waals surface area (Å²) in [6.45, 7) is 17.3. The predicted molar refractivity (Wildman–Crippen MR) is 212 cm³/mol. The third kappa shape index (κ3) is 7.62. The van der Waals surface area contributed by atoms with E-state index in [4.69, 9.17) is 9.40 Å². The first-order valence-corrected chi connectivity index (χ1v) is 17.6. The van der Waals surface area contributed by atoms with E-state index in [0.717, 1.165) is 67.5 Å². The molecule has 4 aromatic carbocycles. The van der Waals surface area contributed by atoms with Crippen LogP contribution < -0.4 is 0 Å². The van der Waals surface area contributed by atoms with Gasteiger partial charge < -0.3 is 14.4 Å². The van der Waals surface area contributed by atoms with E-state index in [1.54, 1.807) is 0 Å². The van der Waals surface area contributed by atoms with E-state index in [2.05, 4.69) is 143 Å². The molecule has 4 nitrogen and oxygen atoms in total. The van der Waals surface area contributed by atoms with Crippen molar-refractivity contribution < 1.29 is 24.5 Å². The van der Waals surface area contributed by atoms with Gasteiger partial charge in [0.25, 0.3) is 0 Å². The van der Waals surface area contributed by atoms with Gasteiger partial charge in [-0.05, 0) is 91.9 Å². The fourth-order valence-electron chi connectivity index (χ4n) is 6.57. The fourth-order valence-corrected chi connectivity index (χ4v) is 6.57. The first-order chi connectivity index (χ1) is 24.4. The van der Waals surface area contributed by atoms with Gasteiger partial charge in [-0.15, -0.1) is 47.5 Å². The molecule has 263 valence electrons. The molecule has 5 heteroatoms. The smallest absolute Gasteiger partial charge is 0.130 e. The normalized spacial score (nSPS) is 11.4. The maximum Gasteiger partial charge on any atom is 0.130 e. The molecular weight excluding hydrogens is 815 g/mol. The topological polar surface area (TPSA) is 51.8 Å². The number of nitrogens with zero attached hydrogens (tertiary/aromatic N) is 3.